The summed E-state index contributed by atoms with van der Waals surface area (Å²) >= 11 is 0. The summed E-state index contributed by atoms with van der Waals surface area (Å²) in [6.07, 6.45) is 14.9. The SMILES string of the molecule is C=CC1CCC(C2CCC3CC(c4ccc(OC(F)F)c(F)c4)CCC3C2)CC1. The second-order valence-electron chi connectivity index (χ2n) is 9.58. The molecule has 0 aromatic heterocycles. The molecule has 0 N–H and O–H groups in total. The lowest BCUT2D eigenvalue weighted by Crippen LogP contribution is -2.34. The maximum absolute atomic E-state index is 14.1. The van der Waals surface area contributed by atoms with Crippen molar-refractivity contribution >= 4 is 0 Å². The first-order valence-electron chi connectivity index (χ1n) is 11.4. The van der Waals surface area contributed by atoms with Crippen molar-refractivity contribution < 1.29 is 17.9 Å². The minimum Gasteiger partial charge on any atom is -0.432 e. The molecule has 160 valence electrons. The quantitative estimate of drug-likeness (QED) is 0.455. The van der Waals surface area contributed by atoms with E-state index in [4.69, 9.17) is 0 Å². The Kier molecular flexibility index (Phi) is 6.56. The topological polar surface area (TPSA) is 9.23 Å². The van der Waals surface area contributed by atoms with Crippen LogP contribution in [0.3, 0.4) is 0 Å². The zero-order valence-electron chi connectivity index (χ0n) is 17.2. The van der Waals surface area contributed by atoms with Crippen LogP contribution in [-0.2, 0) is 0 Å². The van der Waals surface area contributed by atoms with Gasteiger partial charge in [0.2, 0.25) is 0 Å². The van der Waals surface area contributed by atoms with Gasteiger partial charge in [-0.2, -0.15) is 8.78 Å². The number of allylic oxidation sites excluding steroid dienone is 1. The number of benzene rings is 1. The Bertz CT molecular complexity index is 695. The van der Waals surface area contributed by atoms with Crippen molar-refractivity contribution in [2.45, 2.75) is 76.7 Å². The molecular formula is C25H33F3O. The molecule has 4 rings (SSSR count). The van der Waals surface area contributed by atoms with Crippen LogP contribution in [0.25, 0.3) is 0 Å². The van der Waals surface area contributed by atoms with E-state index in [9.17, 15) is 13.2 Å². The number of halogens is 3. The molecule has 3 fully saturated rings. The molecule has 4 heteroatoms. The van der Waals surface area contributed by atoms with E-state index in [2.05, 4.69) is 17.4 Å². The molecule has 0 aliphatic heterocycles. The third kappa shape index (κ3) is 4.83. The maximum atomic E-state index is 14.1. The number of rotatable bonds is 5. The number of ether oxygens (including phenoxy) is 1. The highest BCUT2D eigenvalue weighted by Gasteiger charge is 2.39. The van der Waals surface area contributed by atoms with Crippen LogP contribution < -0.4 is 4.74 Å². The first-order chi connectivity index (χ1) is 14.0. The van der Waals surface area contributed by atoms with Gasteiger partial charge < -0.3 is 4.74 Å². The summed E-state index contributed by atoms with van der Waals surface area (Å²) in [5, 5.41) is 0. The monoisotopic (exact) mass is 406 g/mol. The first-order valence-corrected chi connectivity index (χ1v) is 11.4. The zero-order valence-corrected chi connectivity index (χ0v) is 17.2. The second-order valence-corrected chi connectivity index (χ2v) is 9.58. The smallest absolute Gasteiger partial charge is 0.387 e. The minimum absolute atomic E-state index is 0.339. The van der Waals surface area contributed by atoms with E-state index >= 15 is 0 Å². The average molecular weight is 407 g/mol. The molecule has 0 spiro atoms. The zero-order chi connectivity index (χ0) is 20.4. The third-order valence-electron chi connectivity index (χ3n) is 8.11. The maximum Gasteiger partial charge on any atom is 0.387 e. The van der Waals surface area contributed by atoms with E-state index in [-0.39, 0.29) is 5.75 Å². The van der Waals surface area contributed by atoms with E-state index in [0.717, 1.165) is 48.0 Å². The van der Waals surface area contributed by atoms with Crippen molar-refractivity contribution in [1.82, 2.24) is 0 Å². The highest BCUT2D eigenvalue weighted by molar-refractivity contribution is 5.31. The Morgan fingerprint density at radius 3 is 2.14 bits per heavy atom. The molecule has 1 nitrogen and oxygen atoms in total. The lowest BCUT2D eigenvalue weighted by atomic mass is 9.60. The normalized spacial score (nSPS) is 35.2. The highest BCUT2D eigenvalue weighted by atomic mass is 19.3. The van der Waals surface area contributed by atoms with Gasteiger partial charge in [-0.15, -0.1) is 6.58 Å². The van der Waals surface area contributed by atoms with Crippen LogP contribution in [0.4, 0.5) is 13.2 Å². The van der Waals surface area contributed by atoms with Gasteiger partial charge >= 0.3 is 6.61 Å². The van der Waals surface area contributed by atoms with E-state index in [1.165, 1.54) is 63.5 Å². The molecule has 3 saturated carbocycles. The van der Waals surface area contributed by atoms with Gasteiger partial charge in [-0.1, -0.05) is 12.1 Å². The van der Waals surface area contributed by atoms with Crippen LogP contribution in [0.1, 0.15) is 75.7 Å². The van der Waals surface area contributed by atoms with E-state index in [0.29, 0.717) is 5.92 Å². The largest absolute Gasteiger partial charge is 0.432 e. The van der Waals surface area contributed by atoms with Crippen molar-refractivity contribution in [3.8, 4) is 5.75 Å². The standard InChI is InChI=1S/C25H33F3O/c1-2-16-3-5-17(6-4-16)18-7-8-20-14-21(10-9-19(20)13-18)22-11-12-24(23(26)15-22)29-25(27)28/h2,11-12,15-21,25H,1,3-10,13-14H2. The molecule has 0 saturated heterocycles. The van der Waals surface area contributed by atoms with Crippen LogP contribution >= 0.6 is 0 Å². The van der Waals surface area contributed by atoms with Crippen LogP contribution in [0, 0.1) is 35.4 Å². The Labute approximate surface area is 172 Å². The van der Waals surface area contributed by atoms with Gasteiger partial charge in [0.1, 0.15) is 0 Å². The Balaban J connectivity index is 1.33. The van der Waals surface area contributed by atoms with E-state index < -0.39 is 12.4 Å². The average Bonchev–Trinajstić information content (AvgIpc) is 2.74. The van der Waals surface area contributed by atoms with Crippen molar-refractivity contribution in [2.24, 2.45) is 29.6 Å². The predicted octanol–water partition coefficient (Wildman–Crippen LogP) is 7.72. The lowest BCUT2D eigenvalue weighted by molar-refractivity contribution is -0.0522. The Morgan fingerprint density at radius 1 is 0.862 bits per heavy atom. The first kappa shape index (κ1) is 20.8. The molecular weight excluding hydrogens is 373 g/mol. The summed E-state index contributed by atoms with van der Waals surface area (Å²) in [5.74, 6) is 3.38. The molecule has 29 heavy (non-hydrogen) atoms. The fraction of sp³-hybridized carbons (Fsp3) is 0.680. The molecule has 0 amide bonds. The number of hydrogen-bond donors (Lipinski definition) is 0. The molecule has 0 radical (unpaired) electrons. The van der Waals surface area contributed by atoms with Gasteiger partial charge in [-0.3, -0.25) is 0 Å². The van der Waals surface area contributed by atoms with Gasteiger partial charge in [0.05, 0.1) is 0 Å². The van der Waals surface area contributed by atoms with Crippen molar-refractivity contribution in [3.63, 3.8) is 0 Å². The third-order valence-corrected chi connectivity index (χ3v) is 8.11. The van der Waals surface area contributed by atoms with Crippen molar-refractivity contribution in [3.05, 3.63) is 42.2 Å². The second kappa shape index (κ2) is 9.14. The minimum atomic E-state index is -2.99. The lowest BCUT2D eigenvalue weighted by Gasteiger charge is -2.45. The number of alkyl halides is 2. The number of fused-ring (bicyclic) bond motifs is 1. The van der Waals surface area contributed by atoms with Gasteiger partial charge in [-0.05, 0) is 117 Å². The Morgan fingerprint density at radius 2 is 1.48 bits per heavy atom. The fourth-order valence-corrected chi connectivity index (χ4v) is 6.47. The summed E-state index contributed by atoms with van der Waals surface area (Å²) < 4.78 is 43.1. The van der Waals surface area contributed by atoms with Crippen LogP contribution in [-0.4, -0.2) is 6.61 Å². The van der Waals surface area contributed by atoms with Gasteiger partial charge in [0.15, 0.2) is 11.6 Å². The van der Waals surface area contributed by atoms with Crippen LogP contribution in [0.15, 0.2) is 30.9 Å². The molecule has 3 aliphatic carbocycles. The van der Waals surface area contributed by atoms with Crippen molar-refractivity contribution in [1.29, 1.82) is 0 Å². The number of hydrogen-bond acceptors (Lipinski definition) is 1. The van der Waals surface area contributed by atoms with E-state index in [1.54, 1.807) is 6.07 Å². The summed E-state index contributed by atoms with van der Waals surface area (Å²) in [5.41, 5.74) is 0.937. The molecule has 1 aromatic rings. The predicted molar refractivity (Wildman–Crippen MR) is 110 cm³/mol. The van der Waals surface area contributed by atoms with Crippen LogP contribution in [0.5, 0.6) is 5.75 Å². The summed E-state index contributed by atoms with van der Waals surface area (Å²) in [6, 6.07) is 4.54. The molecule has 3 aliphatic rings. The Hall–Kier alpha value is -1.45. The van der Waals surface area contributed by atoms with Crippen molar-refractivity contribution in [2.75, 3.05) is 0 Å². The van der Waals surface area contributed by atoms with Gasteiger partial charge in [-0.25, -0.2) is 4.39 Å². The summed E-state index contributed by atoms with van der Waals surface area (Å²) in [7, 11) is 0. The highest BCUT2D eigenvalue weighted by Crippen LogP contribution is 2.51. The summed E-state index contributed by atoms with van der Waals surface area (Å²) in [4.78, 5) is 0. The molecule has 4 atom stereocenters. The van der Waals surface area contributed by atoms with Gasteiger partial charge in [0.25, 0.3) is 0 Å². The van der Waals surface area contributed by atoms with Crippen LogP contribution in [0.2, 0.25) is 0 Å². The molecule has 4 unspecified atom stereocenters. The molecule has 0 bridgehead atoms. The molecule has 0 heterocycles. The van der Waals surface area contributed by atoms with E-state index in [1.807, 2.05) is 0 Å². The molecule has 1 aromatic carbocycles. The van der Waals surface area contributed by atoms with Gasteiger partial charge in [0, 0.05) is 0 Å². The fourth-order valence-electron chi connectivity index (χ4n) is 6.47. The summed E-state index contributed by atoms with van der Waals surface area (Å²) in [6.45, 7) is 0.974.